The van der Waals surface area contributed by atoms with Crippen molar-refractivity contribution >= 4 is 104 Å². The third-order valence-corrected chi connectivity index (χ3v) is 13.4. The monoisotopic (exact) mass is 874 g/mol. The fourth-order valence-electron chi connectivity index (χ4n) is 6.22. The third-order valence-electron chi connectivity index (χ3n) is 8.88. The molecule has 0 spiro atoms. The van der Waals surface area contributed by atoms with Crippen molar-refractivity contribution in [3.63, 3.8) is 0 Å². The first-order valence-electron chi connectivity index (χ1n) is 17.0. The molecule has 0 saturated carbocycles. The number of halogens is 2. The maximum absolute atomic E-state index is 11.9. The highest BCUT2D eigenvalue weighted by molar-refractivity contribution is 8.02. The van der Waals surface area contributed by atoms with Gasteiger partial charge in [-0.15, -0.1) is 23.5 Å². The molecule has 16 heteroatoms. The van der Waals surface area contributed by atoms with Crippen molar-refractivity contribution < 1.29 is 38.0 Å². The second kappa shape index (κ2) is 20.0. The van der Waals surface area contributed by atoms with Gasteiger partial charge in [0.05, 0.1) is 86.5 Å². The van der Waals surface area contributed by atoms with Crippen molar-refractivity contribution in [2.75, 3.05) is 53.3 Å². The quantitative estimate of drug-likeness (QED) is 0.116. The number of para-hydroxylation sites is 2. The Bertz CT molecular complexity index is 1960. The van der Waals surface area contributed by atoms with Crippen molar-refractivity contribution in [2.24, 2.45) is 0 Å². The van der Waals surface area contributed by atoms with Gasteiger partial charge in [-0.3, -0.25) is 9.59 Å². The largest absolute Gasteiger partial charge is 0.493 e. The van der Waals surface area contributed by atoms with Crippen LogP contribution in [0.4, 0.5) is 11.4 Å². The summed E-state index contributed by atoms with van der Waals surface area (Å²) in [4.78, 5) is 25.0. The average molecular weight is 876 g/mol. The van der Waals surface area contributed by atoms with Gasteiger partial charge < -0.3 is 39.1 Å². The van der Waals surface area contributed by atoms with Crippen LogP contribution in [0, 0.1) is 0 Å². The molecular weight excluding hydrogens is 836 g/mol. The van der Waals surface area contributed by atoms with Gasteiger partial charge in [-0.05, 0) is 59.7 Å². The molecule has 2 aliphatic heterocycles. The Hall–Kier alpha value is -3.92. The first-order valence-corrected chi connectivity index (χ1v) is 20.5. The number of fused-ring (bicyclic) bond motifs is 2. The summed E-state index contributed by atoms with van der Waals surface area (Å²) < 4.78 is 31.9. The summed E-state index contributed by atoms with van der Waals surface area (Å²) in [6, 6.07) is 22.7. The van der Waals surface area contributed by atoms with E-state index in [1.54, 1.807) is 64.1 Å². The van der Waals surface area contributed by atoms with E-state index < -0.39 is 0 Å². The zero-order valence-electron chi connectivity index (χ0n) is 31.3. The smallest absolute Gasteiger partial charge is 0.307 e. The highest BCUT2D eigenvalue weighted by Crippen LogP contribution is 2.52. The SMILES string of the molecule is COC(=O)C[C@@H]1S[C@@H](c2cccc(OC)c2OC)c2cc(Cl)ccc2NC1=S.COC(=O)C[C@H]1S[C@H](c2cccc(OC)c2OC)c2cc(Cl)ccc2NC1=S. The molecule has 0 saturated heterocycles. The molecule has 0 amide bonds. The maximum Gasteiger partial charge on any atom is 0.307 e. The first kappa shape index (κ1) is 43.2. The van der Waals surface area contributed by atoms with Gasteiger partial charge in [0.1, 0.15) is 0 Å². The number of nitrogens with one attached hydrogen (secondary N) is 2. The Morgan fingerprint density at radius 3 is 1.32 bits per heavy atom. The van der Waals surface area contributed by atoms with Crippen molar-refractivity contribution in [1.82, 2.24) is 0 Å². The van der Waals surface area contributed by atoms with Crippen LogP contribution in [0.25, 0.3) is 0 Å². The second-order valence-corrected chi connectivity index (χ2v) is 16.6. The minimum Gasteiger partial charge on any atom is -0.493 e. The van der Waals surface area contributed by atoms with Gasteiger partial charge in [-0.25, -0.2) is 0 Å². The lowest BCUT2D eigenvalue weighted by atomic mass is 10.0. The molecule has 4 aromatic carbocycles. The van der Waals surface area contributed by atoms with Gasteiger partial charge in [0.15, 0.2) is 23.0 Å². The third kappa shape index (κ3) is 9.96. The van der Waals surface area contributed by atoms with Crippen LogP contribution < -0.4 is 29.6 Å². The lowest BCUT2D eigenvalue weighted by Gasteiger charge is -2.23. The van der Waals surface area contributed by atoms with Crippen LogP contribution in [-0.4, -0.2) is 75.1 Å². The van der Waals surface area contributed by atoms with Gasteiger partial charge in [0.2, 0.25) is 0 Å². The van der Waals surface area contributed by atoms with Crippen molar-refractivity contribution in [2.45, 2.75) is 33.8 Å². The molecule has 10 nitrogen and oxygen atoms in total. The van der Waals surface area contributed by atoms with E-state index >= 15 is 0 Å². The number of thiocarbonyl (C=S) groups is 2. The lowest BCUT2D eigenvalue weighted by molar-refractivity contribution is -0.141. The Kier molecular flexibility index (Phi) is 15.4. The summed E-state index contributed by atoms with van der Waals surface area (Å²) in [5.74, 6) is 1.90. The molecular formula is C40H40Cl2N2O8S4. The lowest BCUT2D eigenvalue weighted by Crippen LogP contribution is -2.25. The molecule has 4 atom stereocenters. The van der Waals surface area contributed by atoms with Gasteiger partial charge in [0.25, 0.3) is 0 Å². The van der Waals surface area contributed by atoms with E-state index in [1.165, 1.54) is 14.2 Å². The maximum atomic E-state index is 11.9. The van der Waals surface area contributed by atoms with Gasteiger partial charge >= 0.3 is 11.9 Å². The molecule has 2 aliphatic rings. The normalized spacial score (nSPS) is 18.5. The van der Waals surface area contributed by atoms with Crippen molar-refractivity contribution in [1.29, 1.82) is 0 Å². The summed E-state index contributed by atoms with van der Waals surface area (Å²) in [5.41, 5.74) is 5.44. The molecule has 4 aromatic rings. The van der Waals surface area contributed by atoms with E-state index in [9.17, 15) is 9.59 Å². The second-order valence-electron chi connectivity index (χ2n) is 12.2. The van der Waals surface area contributed by atoms with Gasteiger partial charge in [0, 0.05) is 32.5 Å². The number of esters is 2. The van der Waals surface area contributed by atoms with Crippen molar-refractivity contribution in [3.05, 3.63) is 105 Å². The minimum atomic E-state index is -0.318. The van der Waals surface area contributed by atoms with E-state index in [-0.39, 0.29) is 45.8 Å². The van der Waals surface area contributed by atoms with Crippen LogP contribution in [0.3, 0.4) is 0 Å². The van der Waals surface area contributed by atoms with Crippen LogP contribution >= 0.6 is 71.2 Å². The number of hydrogen-bond donors (Lipinski definition) is 2. The fourth-order valence-corrected chi connectivity index (χ4v) is 10.1. The van der Waals surface area contributed by atoms with Gasteiger partial charge in [-0.1, -0.05) is 71.9 Å². The van der Waals surface area contributed by atoms with Crippen LogP contribution in [-0.2, 0) is 19.1 Å². The number of anilines is 2. The predicted octanol–water partition coefficient (Wildman–Crippen LogP) is 9.73. The zero-order chi connectivity index (χ0) is 40.5. The van der Waals surface area contributed by atoms with Crippen LogP contribution in [0.2, 0.25) is 10.0 Å². The van der Waals surface area contributed by atoms with E-state index in [2.05, 4.69) is 10.6 Å². The molecule has 0 aromatic heterocycles. The molecule has 0 radical (unpaired) electrons. The molecule has 6 rings (SSSR count). The number of hydrogen-bond acceptors (Lipinski definition) is 12. The molecule has 2 heterocycles. The van der Waals surface area contributed by atoms with Crippen LogP contribution in [0.5, 0.6) is 23.0 Å². The summed E-state index contributed by atoms with van der Waals surface area (Å²) >= 11 is 26.9. The molecule has 0 fully saturated rings. The summed E-state index contributed by atoms with van der Waals surface area (Å²) in [7, 11) is 9.16. The highest BCUT2D eigenvalue weighted by atomic mass is 35.5. The van der Waals surface area contributed by atoms with Crippen molar-refractivity contribution in [3.8, 4) is 23.0 Å². The molecule has 296 valence electrons. The summed E-state index contributed by atoms with van der Waals surface area (Å²) in [5, 5.41) is 6.87. The minimum absolute atomic E-state index is 0.164. The van der Waals surface area contributed by atoms with E-state index in [4.69, 9.17) is 76.1 Å². The van der Waals surface area contributed by atoms with Gasteiger partial charge in [-0.2, -0.15) is 0 Å². The average Bonchev–Trinajstić information content (AvgIpc) is 3.43. The number of ether oxygens (including phenoxy) is 6. The number of carbonyl (C=O) groups is 2. The summed E-state index contributed by atoms with van der Waals surface area (Å²) in [6.45, 7) is 0. The molecule has 56 heavy (non-hydrogen) atoms. The van der Waals surface area contributed by atoms with E-state index in [0.29, 0.717) is 43.0 Å². The number of rotatable bonds is 10. The highest BCUT2D eigenvalue weighted by Gasteiger charge is 2.35. The first-order chi connectivity index (χ1) is 27.0. The Morgan fingerprint density at radius 1 is 0.589 bits per heavy atom. The summed E-state index contributed by atoms with van der Waals surface area (Å²) in [6.07, 6.45) is 0.328. The molecule has 0 bridgehead atoms. The van der Waals surface area contributed by atoms with Crippen LogP contribution in [0.15, 0.2) is 72.8 Å². The van der Waals surface area contributed by atoms with E-state index in [0.717, 1.165) is 33.6 Å². The Morgan fingerprint density at radius 2 is 0.982 bits per heavy atom. The topological polar surface area (TPSA) is 114 Å². The molecule has 0 aliphatic carbocycles. The zero-order valence-corrected chi connectivity index (χ0v) is 36.1. The Balaban J connectivity index is 0.000000214. The number of carbonyl (C=O) groups excluding carboxylic acids is 2. The number of thioether (sulfide) groups is 2. The van der Waals surface area contributed by atoms with Crippen LogP contribution in [0.1, 0.15) is 45.6 Å². The standard InChI is InChI=1S/2C20H20ClNO4S2/c2*1-24-15-6-4-5-12(18(15)26-3)19-13-9-11(21)7-8-14(13)22-20(27)16(28-19)10-17(23)25-2/h2*4-9,16,19H,10H2,1-3H3,(H,22,27)/t2*16-,19-/m10/s1. The Labute approximate surface area is 355 Å². The number of methoxy groups -OCH3 is 6. The fraction of sp³-hybridized carbons (Fsp3) is 0.300. The predicted molar refractivity (Wildman–Crippen MR) is 234 cm³/mol. The molecule has 0 unspecified atom stereocenters. The molecule has 2 N–H and O–H groups in total. The number of benzene rings is 4. The van der Waals surface area contributed by atoms with E-state index in [1.807, 2.05) is 60.7 Å².